The van der Waals surface area contributed by atoms with E-state index in [1.807, 2.05) is 12.1 Å². The molecule has 0 spiro atoms. The van der Waals surface area contributed by atoms with Crippen LogP contribution in [-0.2, 0) is 5.75 Å². The number of thioether (sulfide) groups is 1. The quantitative estimate of drug-likeness (QED) is 0.825. The van der Waals surface area contributed by atoms with E-state index >= 15 is 0 Å². The van der Waals surface area contributed by atoms with Crippen LogP contribution in [0, 0.1) is 6.92 Å². The van der Waals surface area contributed by atoms with Gasteiger partial charge >= 0.3 is 0 Å². The first-order valence-corrected chi connectivity index (χ1v) is 6.01. The summed E-state index contributed by atoms with van der Waals surface area (Å²) in [5.74, 6) is 1.37. The normalized spacial score (nSPS) is 10.3. The Bertz CT molecular complexity index is 468. The maximum Gasteiger partial charge on any atom is 0.146 e. The largest absolute Gasteiger partial charge is 0.382 e. The first-order chi connectivity index (χ1) is 7.75. The third-order valence-corrected chi connectivity index (χ3v) is 3.27. The number of nitrogens with two attached hydrogens (primary N) is 1. The molecule has 0 aliphatic carbocycles. The zero-order valence-corrected chi connectivity index (χ0v) is 9.87. The lowest BCUT2D eigenvalue weighted by Crippen LogP contribution is -1.93. The monoisotopic (exact) mass is 231 g/mol. The first-order valence-electron chi connectivity index (χ1n) is 5.02. The first kappa shape index (κ1) is 11.0. The Morgan fingerprint density at radius 1 is 1.12 bits per heavy atom. The zero-order chi connectivity index (χ0) is 11.4. The fourth-order valence-corrected chi connectivity index (χ4v) is 2.22. The average Bonchev–Trinajstić information content (AvgIpc) is 2.30. The van der Waals surface area contributed by atoms with Crippen LogP contribution < -0.4 is 5.73 Å². The second-order valence-corrected chi connectivity index (χ2v) is 4.51. The van der Waals surface area contributed by atoms with Gasteiger partial charge < -0.3 is 5.73 Å². The van der Waals surface area contributed by atoms with Crippen LogP contribution >= 0.6 is 11.8 Å². The summed E-state index contributed by atoms with van der Waals surface area (Å²) in [6.07, 6.45) is 0. The number of hydrogen-bond donors (Lipinski definition) is 1. The van der Waals surface area contributed by atoms with Gasteiger partial charge in [-0.05, 0) is 30.2 Å². The van der Waals surface area contributed by atoms with Crippen molar-refractivity contribution >= 4 is 17.6 Å². The van der Waals surface area contributed by atoms with Gasteiger partial charge in [0.25, 0.3) is 0 Å². The van der Waals surface area contributed by atoms with E-state index in [4.69, 9.17) is 5.73 Å². The van der Waals surface area contributed by atoms with E-state index in [1.54, 1.807) is 17.8 Å². The predicted molar refractivity (Wildman–Crippen MR) is 67.2 cm³/mol. The standard InChI is InChI=1S/C12H13N3S/c1-9-4-2-3-5-10(9)8-16-12-7-6-11(13)14-15-12/h2-7H,8H2,1H3,(H2,13,14). The molecule has 0 amide bonds. The summed E-state index contributed by atoms with van der Waals surface area (Å²) in [5, 5.41) is 8.73. The smallest absolute Gasteiger partial charge is 0.146 e. The molecule has 2 rings (SSSR count). The van der Waals surface area contributed by atoms with E-state index in [-0.39, 0.29) is 0 Å². The molecule has 0 fully saturated rings. The van der Waals surface area contributed by atoms with Crippen molar-refractivity contribution in [3.63, 3.8) is 0 Å². The third-order valence-electron chi connectivity index (χ3n) is 2.30. The molecule has 16 heavy (non-hydrogen) atoms. The molecule has 0 radical (unpaired) electrons. The van der Waals surface area contributed by atoms with Crippen LogP contribution in [0.3, 0.4) is 0 Å². The maximum atomic E-state index is 5.48. The molecule has 1 heterocycles. The van der Waals surface area contributed by atoms with Crippen LogP contribution in [0.1, 0.15) is 11.1 Å². The molecule has 1 aromatic heterocycles. The lowest BCUT2D eigenvalue weighted by atomic mass is 10.1. The Morgan fingerprint density at radius 2 is 1.94 bits per heavy atom. The van der Waals surface area contributed by atoms with Crippen LogP contribution in [0.15, 0.2) is 41.4 Å². The van der Waals surface area contributed by atoms with Gasteiger partial charge in [-0.2, -0.15) is 0 Å². The molecule has 0 atom stereocenters. The minimum Gasteiger partial charge on any atom is -0.382 e. The molecule has 0 saturated heterocycles. The second kappa shape index (κ2) is 4.99. The summed E-state index contributed by atoms with van der Waals surface area (Å²) in [7, 11) is 0. The summed E-state index contributed by atoms with van der Waals surface area (Å²) < 4.78 is 0. The van der Waals surface area contributed by atoms with Gasteiger partial charge in [-0.1, -0.05) is 36.0 Å². The Balaban J connectivity index is 2.02. The Kier molecular flexibility index (Phi) is 3.41. The van der Waals surface area contributed by atoms with Crippen LogP contribution in [0.25, 0.3) is 0 Å². The lowest BCUT2D eigenvalue weighted by Gasteiger charge is -2.04. The zero-order valence-electron chi connectivity index (χ0n) is 9.05. The van der Waals surface area contributed by atoms with Crippen molar-refractivity contribution in [1.29, 1.82) is 0 Å². The summed E-state index contributed by atoms with van der Waals surface area (Å²) >= 11 is 1.67. The minimum atomic E-state index is 0.459. The Labute approximate surface area is 99.1 Å². The molecular formula is C12H13N3S. The Hall–Kier alpha value is -1.55. The molecule has 4 heteroatoms. The van der Waals surface area contributed by atoms with Crippen molar-refractivity contribution in [2.45, 2.75) is 17.7 Å². The van der Waals surface area contributed by atoms with Gasteiger partial charge in [0.2, 0.25) is 0 Å². The van der Waals surface area contributed by atoms with Crippen molar-refractivity contribution in [3.05, 3.63) is 47.5 Å². The van der Waals surface area contributed by atoms with Crippen molar-refractivity contribution < 1.29 is 0 Å². The summed E-state index contributed by atoms with van der Waals surface area (Å²) in [6.45, 7) is 2.12. The van der Waals surface area contributed by atoms with Crippen LogP contribution in [0.2, 0.25) is 0 Å². The number of nitrogens with zero attached hydrogens (tertiary/aromatic N) is 2. The highest BCUT2D eigenvalue weighted by atomic mass is 32.2. The number of aryl methyl sites for hydroxylation is 1. The van der Waals surface area contributed by atoms with Crippen molar-refractivity contribution in [2.75, 3.05) is 5.73 Å². The van der Waals surface area contributed by atoms with Gasteiger partial charge in [-0.3, -0.25) is 0 Å². The molecule has 0 unspecified atom stereocenters. The molecule has 1 aromatic carbocycles. The van der Waals surface area contributed by atoms with E-state index in [1.165, 1.54) is 11.1 Å². The fraction of sp³-hybridized carbons (Fsp3) is 0.167. The molecule has 2 N–H and O–H groups in total. The SMILES string of the molecule is Cc1ccccc1CSc1ccc(N)nn1. The average molecular weight is 231 g/mol. The third kappa shape index (κ3) is 2.73. The summed E-state index contributed by atoms with van der Waals surface area (Å²) in [6, 6.07) is 12.0. The summed E-state index contributed by atoms with van der Waals surface area (Å²) in [4.78, 5) is 0. The molecule has 0 saturated carbocycles. The van der Waals surface area contributed by atoms with Gasteiger partial charge in [-0.25, -0.2) is 0 Å². The highest BCUT2D eigenvalue weighted by Gasteiger charge is 2.00. The van der Waals surface area contributed by atoms with E-state index in [0.717, 1.165) is 10.8 Å². The Morgan fingerprint density at radius 3 is 2.62 bits per heavy atom. The number of aromatic nitrogens is 2. The number of benzene rings is 1. The van der Waals surface area contributed by atoms with Crippen molar-refractivity contribution in [3.8, 4) is 0 Å². The fourth-order valence-electron chi connectivity index (χ4n) is 1.33. The van der Waals surface area contributed by atoms with Gasteiger partial charge in [0.15, 0.2) is 0 Å². The van der Waals surface area contributed by atoms with E-state index in [9.17, 15) is 0 Å². The van der Waals surface area contributed by atoms with E-state index < -0.39 is 0 Å². The number of rotatable bonds is 3. The van der Waals surface area contributed by atoms with Crippen LogP contribution in [0.5, 0.6) is 0 Å². The van der Waals surface area contributed by atoms with E-state index in [0.29, 0.717) is 5.82 Å². The number of anilines is 1. The van der Waals surface area contributed by atoms with Gasteiger partial charge in [0, 0.05) is 5.75 Å². The molecule has 2 aromatic rings. The molecular weight excluding hydrogens is 218 g/mol. The number of nitrogen functional groups attached to an aromatic ring is 1. The number of hydrogen-bond acceptors (Lipinski definition) is 4. The molecule has 0 bridgehead atoms. The highest BCUT2D eigenvalue weighted by molar-refractivity contribution is 7.98. The molecule has 0 aliphatic heterocycles. The predicted octanol–water partition coefficient (Wildman–Crippen LogP) is 2.66. The highest BCUT2D eigenvalue weighted by Crippen LogP contribution is 2.22. The van der Waals surface area contributed by atoms with Gasteiger partial charge in [0.05, 0.1) is 0 Å². The van der Waals surface area contributed by atoms with Crippen LogP contribution in [0.4, 0.5) is 5.82 Å². The molecule has 3 nitrogen and oxygen atoms in total. The van der Waals surface area contributed by atoms with Crippen molar-refractivity contribution in [1.82, 2.24) is 10.2 Å². The second-order valence-electron chi connectivity index (χ2n) is 3.51. The molecule has 0 aliphatic rings. The summed E-state index contributed by atoms with van der Waals surface area (Å²) in [5.41, 5.74) is 8.10. The molecule has 82 valence electrons. The minimum absolute atomic E-state index is 0.459. The van der Waals surface area contributed by atoms with Gasteiger partial charge in [-0.15, -0.1) is 10.2 Å². The van der Waals surface area contributed by atoms with Crippen LogP contribution in [-0.4, -0.2) is 10.2 Å². The topological polar surface area (TPSA) is 51.8 Å². The lowest BCUT2D eigenvalue weighted by molar-refractivity contribution is 0.938. The van der Waals surface area contributed by atoms with Crippen molar-refractivity contribution in [2.24, 2.45) is 0 Å². The maximum absolute atomic E-state index is 5.48. The van der Waals surface area contributed by atoms with Gasteiger partial charge in [0.1, 0.15) is 10.8 Å². The van der Waals surface area contributed by atoms with E-state index in [2.05, 4.69) is 35.3 Å².